The summed E-state index contributed by atoms with van der Waals surface area (Å²) in [6.07, 6.45) is -0.580. The first-order valence-electron chi connectivity index (χ1n) is 10.9. The minimum atomic E-state index is -0.852. The van der Waals surface area contributed by atoms with Crippen LogP contribution < -0.4 is 10.6 Å². The van der Waals surface area contributed by atoms with Crippen molar-refractivity contribution in [3.8, 4) is 0 Å². The van der Waals surface area contributed by atoms with Crippen LogP contribution >= 0.6 is 0 Å². The van der Waals surface area contributed by atoms with Crippen molar-refractivity contribution in [3.63, 3.8) is 0 Å². The minimum Gasteiger partial charge on any atom is -0.444 e. The van der Waals surface area contributed by atoms with Gasteiger partial charge in [0, 0.05) is 0 Å². The quantitative estimate of drug-likeness (QED) is 0.551. The molecule has 2 amide bonds. The number of carbonyl (C=O) groups is 3. The number of hydrogen-bond acceptors (Lipinski definition) is 5. The third kappa shape index (κ3) is 8.60. The second-order valence-electron chi connectivity index (χ2n) is 9.78. The first-order valence-corrected chi connectivity index (χ1v) is 10.9. The highest BCUT2D eigenvalue weighted by molar-refractivity contribution is 5.72. The second kappa shape index (κ2) is 11.0. The first-order chi connectivity index (χ1) is 15.4. The number of carbonyl (C=O) groups excluding carboxylic acids is 3. The van der Waals surface area contributed by atoms with Crippen molar-refractivity contribution in [1.29, 1.82) is 0 Å². The van der Waals surface area contributed by atoms with Gasteiger partial charge in [0.05, 0.1) is 18.0 Å². The van der Waals surface area contributed by atoms with Gasteiger partial charge in [-0.25, -0.2) is 9.59 Å². The molecule has 0 fully saturated rings. The van der Waals surface area contributed by atoms with Crippen LogP contribution in [0.1, 0.15) is 64.8 Å². The third-order valence-corrected chi connectivity index (χ3v) is 4.59. The molecule has 178 valence electrons. The van der Waals surface area contributed by atoms with Crippen molar-refractivity contribution < 1.29 is 23.9 Å². The van der Waals surface area contributed by atoms with E-state index in [0.29, 0.717) is 11.1 Å². The van der Waals surface area contributed by atoms with Crippen molar-refractivity contribution in [3.05, 3.63) is 71.8 Å². The highest BCUT2D eigenvalue weighted by Crippen LogP contribution is 2.32. The Labute approximate surface area is 195 Å². The van der Waals surface area contributed by atoms with Gasteiger partial charge < -0.3 is 24.9 Å². The molecule has 7 nitrogen and oxygen atoms in total. The molecule has 0 saturated heterocycles. The van der Waals surface area contributed by atoms with E-state index in [2.05, 4.69) is 10.6 Å². The van der Waals surface area contributed by atoms with Gasteiger partial charge in [0.15, 0.2) is 0 Å². The Bertz CT molecular complexity index is 844. The molecule has 0 aromatic heterocycles. The standard InChI is InChI=1S/C26H34N2O5/c1-25(2,3)32-23(30)27-21(18-13-9-7-10-14-18)20(17-29)22(19-15-11-8-12-16-19)28-24(31)33-26(4,5)6/h7-17,20-22H,1-6H3,(H,27,30)(H,28,31)/t21-,22-/m1/s1. The molecule has 7 heteroatoms. The molecule has 0 heterocycles. The lowest BCUT2D eigenvalue weighted by Crippen LogP contribution is -2.44. The maximum Gasteiger partial charge on any atom is 0.408 e. The number of alkyl carbamates (subject to hydrolysis) is 2. The maximum absolute atomic E-state index is 12.7. The predicted molar refractivity (Wildman–Crippen MR) is 127 cm³/mol. The fourth-order valence-corrected chi connectivity index (χ4v) is 3.34. The zero-order valence-electron chi connectivity index (χ0n) is 20.1. The zero-order chi connectivity index (χ0) is 24.6. The van der Waals surface area contributed by atoms with Crippen LogP contribution in [0.15, 0.2) is 60.7 Å². The molecule has 0 aliphatic rings. The zero-order valence-corrected chi connectivity index (χ0v) is 20.1. The van der Waals surface area contributed by atoms with Gasteiger partial charge in [0.25, 0.3) is 0 Å². The van der Waals surface area contributed by atoms with Crippen molar-refractivity contribution in [2.75, 3.05) is 0 Å². The molecule has 0 aliphatic heterocycles. The van der Waals surface area contributed by atoms with Crippen LogP contribution in [0.4, 0.5) is 9.59 Å². The summed E-state index contributed by atoms with van der Waals surface area (Å²) in [6.45, 7) is 10.6. The van der Waals surface area contributed by atoms with E-state index in [4.69, 9.17) is 9.47 Å². The van der Waals surface area contributed by atoms with Crippen molar-refractivity contribution in [2.45, 2.75) is 64.8 Å². The normalized spacial score (nSPS) is 13.5. The molecule has 0 spiro atoms. The highest BCUT2D eigenvalue weighted by atomic mass is 16.6. The SMILES string of the molecule is CC(C)(C)OC(=O)N[C@H](c1ccccc1)C(C=O)[C@H](NC(=O)OC(C)(C)C)c1ccccc1. The van der Waals surface area contributed by atoms with Crippen LogP contribution in [-0.4, -0.2) is 29.7 Å². The number of hydrogen-bond donors (Lipinski definition) is 2. The minimum absolute atomic E-state index is 0.660. The molecule has 0 saturated carbocycles. The van der Waals surface area contributed by atoms with Gasteiger partial charge in [-0.1, -0.05) is 60.7 Å². The molecule has 2 N–H and O–H groups in total. The second-order valence-corrected chi connectivity index (χ2v) is 9.78. The summed E-state index contributed by atoms with van der Waals surface area (Å²) >= 11 is 0. The van der Waals surface area contributed by atoms with E-state index in [-0.39, 0.29) is 0 Å². The van der Waals surface area contributed by atoms with Crippen LogP contribution in [0.2, 0.25) is 0 Å². The predicted octanol–water partition coefficient (Wildman–Crippen LogP) is 5.33. The molecule has 33 heavy (non-hydrogen) atoms. The smallest absolute Gasteiger partial charge is 0.408 e. The molecular formula is C26H34N2O5. The number of rotatable bonds is 7. The molecular weight excluding hydrogens is 420 g/mol. The molecule has 0 aliphatic carbocycles. The Morgan fingerprint density at radius 1 is 0.697 bits per heavy atom. The van der Waals surface area contributed by atoms with E-state index in [1.165, 1.54) is 0 Å². The Hall–Kier alpha value is -3.35. The van der Waals surface area contributed by atoms with Crippen LogP contribution in [0, 0.1) is 5.92 Å². The summed E-state index contributed by atoms with van der Waals surface area (Å²) in [6, 6.07) is 16.7. The van der Waals surface area contributed by atoms with Gasteiger partial charge in [-0.2, -0.15) is 0 Å². The lowest BCUT2D eigenvalue weighted by atomic mass is 9.84. The Kier molecular flexibility index (Phi) is 8.63. The number of aldehydes is 1. The third-order valence-electron chi connectivity index (χ3n) is 4.59. The fraction of sp³-hybridized carbons (Fsp3) is 0.423. The summed E-state index contributed by atoms with van der Waals surface area (Å²) in [5.74, 6) is -0.852. The van der Waals surface area contributed by atoms with E-state index in [1.54, 1.807) is 41.5 Å². The van der Waals surface area contributed by atoms with Crippen LogP contribution in [0.5, 0.6) is 0 Å². The topological polar surface area (TPSA) is 93.7 Å². The van der Waals surface area contributed by atoms with E-state index >= 15 is 0 Å². The molecule has 2 aromatic rings. The van der Waals surface area contributed by atoms with Crippen LogP contribution in [0.3, 0.4) is 0 Å². The van der Waals surface area contributed by atoms with Crippen LogP contribution in [-0.2, 0) is 14.3 Å². The van der Waals surface area contributed by atoms with Crippen LogP contribution in [0.25, 0.3) is 0 Å². The van der Waals surface area contributed by atoms with E-state index in [9.17, 15) is 14.4 Å². The van der Waals surface area contributed by atoms with Crippen molar-refractivity contribution in [2.24, 2.45) is 5.92 Å². The van der Waals surface area contributed by atoms with E-state index in [0.717, 1.165) is 6.29 Å². The molecule has 2 rings (SSSR count). The van der Waals surface area contributed by atoms with Gasteiger partial charge in [-0.05, 0) is 52.7 Å². The van der Waals surface area contributed by atoms with E-state index in [1.807, 2.05) is 60.7 Å². The molecule has 2 aromatic carbocycles. The Morgan fingerprint density at radius 2 is 1.03 bits per heavy atom. The van der Waals surface area contributed by atoms with Crippen molar-refractivity contribution in [1.82, 2.24) is 10.6 Å². The van der Waals surface area contributed by atoms with Gasteiger partial charge in [-0.3, -0.25) is 0 Å². The van der Waals surface area contributed by atoms with Gasteiger partial charge in [0.1, 0.15) is 17.5 Å². The number of nitrogens with one attached hydrogen (secondary N) is 2. The summed E-state index contributed by atoms with van der Waals surface area (Å²) in [4.78, 5) is 37.8. The lowest BCUT2D eigenvalue weighted by molar-refractivity contribution is -0.112. The number of amides is 2. The average Bonchev–Trinajstić information content (AvgIpc) is 2.71. The molecule has 0 radical (unpaired) electrons. The maximum atomic E-state index is 12.7. The van der Waals surface area contributed by atoms with Gasteiger partial charge >= 0.3 is 12.2 Å². The monoisotopic (exact) mass is 454 g/mol. The summed E-state index contributed by atoms with van der Waals surface area (Å²) in [5, 5.41) is 5.66. The summed E-state index contributed by atoms with van der Waals surface area (Å²) < 4.78 is 10.9. The van der Waals surface area contributed by atoms with Crippen molar-refractivity contribution >= 4 is 18.5 Å². The number of ether oxygens (including phenoxy) is 2. The molecule has 2 atom stereocenters. The summed E-state index contributed by atoms with van der Waals surface area (Å²) in [5.41, 5.74) is -0.0229. The summed E-state index contributed by atoms with van der Waals surface area (Å²) in [7, 11) is 0. The largest absolute Gasteiger partial charge is 0.444 e. The highest BCUT2D eigenvalue weighted by Gasteiger charge is 2.35. The van der Waals surface area contributed by atoms with E-state index < -0.39 is 41.4 Å². The molecule has 0 unspecified atom stereocenters. The Balaban J connectivity index is 2.47. The van der Waals surface area contributed by atoms with Gasteiger partial charge in [0.2, 0.25) is 0 Å². The average molecular weight is 455 g/mol. The van der Waals surface area contributed by atoms with Gasteiger partial charge in [-0.15, -0.1) is 0 Å². The molecule has 0 bridgehead atoms. The first kappa shape index (κ1) is 25.9. The lowest BCUT2D eigenvalue weighted by Gasteiger charge is -2.33. The Morgan fingerprint density at radius 3 is 1.30 bits per heavy atom. The number of benzene rings is 2. The fourth-order valence-electron chi connectivity index (χ4n) is 3.34.